The van der Waals surface area contributed by atoms with Crippen LogP contribution < -0.4 is 10.9 Å². The number of aromatic nitrogens is 4. The first-order valence-corrected chi connectivity index (χ1v) is 10.7. The zero-order chi connectivity index (χ0) is 23.0. The molecule has 0 aliphatic carbocycles. The van der Waals surface area contributed by atoms with Crippen molar-refractivity contribution in [3.63, 3.8) is 0 Å². The molecule has 0 aliphatic heterocycles. The van der Waals surface area contributed by atoms with Gasteiger partial charge in [0.1, 0.15) is 12.1 Å². The van der Waals surface area contributed by atoms with Crippen molar-refractivity contribution in [3.8, 4) is 5.69 Å². The predicted molar refractivity (Wildman–Crippen MR) is 126 cm³/mol. The van der Waals surface area contributed by atoms with Gasteiger partial charge in [-0.15, -0.1) is 0 Å². The fourth-order valence-corrected chi connectivity index (χ4v) is 3.74. The van der Waals surface area contributed by atoms with E-state index in [4.69, 9.17) is 0 Å². The molecule has 4 aromatic rings. The second-order valence-corrected chi connectivity index (χ2v) is 8.51. The van der Waals surface area contributed by atoms with Crippen LogP contribution in [0.3, 0.4) is 0 Å². The van der Waals surface area contributed by atoms with E-state index in [-0.39, 0.29) is 23.9 Å². The van der Waals surface area contributed by atoms with E-state index in [9.17, 15) is 9.59 Å². The minimum atomic E-state index is -0.348. The van der Waals surface area contributed by atoms with Crippen LogP contribution in [0.15, 0.2) is 53.5 Å². The Labute approximate surface area is 186 Å². The van der Waals surface area contributed by atoms with E-state index in [1.807, 2.05) is 77.1 Å². The average molecular weight is 430 g/mol. The lowest BCUT2D eigenvalue weighted by molar-refractivity contribution is -0.117. The summed E-state index contributed by atoms with van der Waals surface area (Å²) in [4.78, 5) is 26.1. The normalized spacial score (nSPS) is 11.3. The lowest BCUT2D eigenvalue weighted by Gasteiger charge is -2.13. The van der Waals surface area contributed by atoms with E-state index < -0.39 is 0 Å². The highest BCUT2D eigenvalue weighted by Crippen LogP contribution is 2.24. The number of hydrogen-bond donors (Lipinski definition) is 1. The maximum absolute atomic E-state index is 13.4. The molecule has 2 heterocycles. The predicted octanol–water partition coefficient (Wildman–Crippen LogP) is 4.27. The van der Waals surface area contributed by atoms with Gasteiger partial charge in [-0.3, -0.25) is 9.59 Å². The molecule has 0 aliphatic rings. The quantitative estimate of drug-likeness (QED) is 0.514. The Kier molecular flexibility index (Phi) is 5.65. The smallest absolute Gasteiger partial charge is 0.293 e. The molecule has 0 radical (unpaired) electrons. The summed E-state index contributed by atoms with van der Waals surface area (Å²) in [5.41, 5.74) is 5.62. The third-order valence-corrected chi connectivity index (χ3v) is 5.59. The van der Waals surface area contributed by atoms with Crippen molar-refractivity contribution in [2.45, 2.75) is 47.1 Å². The van der Waals surface area contributed by atoms with Gasteiger partial charge in [0, 0.05) is 11.1 Å². The molecule has 0 saturated carbocycles. The molecule has 32 heavy (non-hydrogen) atoms. The van der Waals surface area contributed by atoms with Gasteiger partial charge < -0.3 is 5.32 Å². The van der Waals surface area contributed by atoms with Gasteiger partial charge in [-0.2, -0.15) is 10.2 Å². The number of aryl methyl sites for hydroxylation is 3. The van der Waals surface area contributed by atoms with Crippen LogP contribution in [-0.4, -0.2) is 25.5 Å². The minimum Gasteiger partial charge on any atom is -0.324 e. The lowest BCUT2D eigenvalue weighted by Crippen LogP contribution is -2.31. The van der Waals surface area contributed by atoms with Crippen molar-refractivity contribution in [2.75, 3.05) is 5.32 Å². The van der Waals surface area contributed by atoms with E-state index in [0.717, 1.165) is 22.5 Å². The van der Waals surface area contributed by atoms with Gasteiger partial charge in [-0.25, -0.2) is 9.36 Å². The number of hydrogen-bond acceptors (Lipinski definition) is 4. The van der Waals surface area contributed by atoms with E-state index >= 15 is 0 Å². The van der Waals surface area contributed by atoms with E-state index in [1.54, 1.807) is 10.9 Å². The Morgan fingerprint density at radius 2 is 1.84 bits per heavy atom. The fourth-order valence-electron chi connectivity index (χ4n) is 3.74. The minimum absolute atomic E-state index is 0.0570. The average Bonchev–Trinajstić information content (AvgIpc) is 3.17. The van der Waals surface area contributed by atoms with Crippen molar-refractivity contribution in [3.05, 3.63) is 81.4 Å². The Morgan fingerprint density at radius 1 is 1.06 bits per heavy atom. The van der Waals surface area contributed by atoms with Gasteiger partial charge in [0.2, 0.25) is 5.91 Å². The molecule has 1 amide bonds. The van der Waals surface area contributed by atoms with E-state index in [1.165, 1.54) is 10.2 Å². The summed E-state index contributed by atoms with van der Waals surface area (Å²) in [5.74, 6) is -0.252. The Bertz CT molecular complexity index is 1380. The van der Waals surface area contributed by atoms with Crippen molar-refractivity contribution < 1.29 is 4.79 Å². The summed E-state index contributed by atoms with van der Waals surface area (Å²) in [7, 11) is 0. The number of amides is 1. The van der Waals surface area contributed by atoms with Crippen molar-refractivity contribution in [1.29, 1.82) is 0 Å². The molecule has 7 heteroatoms. The van der Waals surface area contributed by atoms with Gasteiger partial charge in [-0.05, 0) is 67.6 Å². The summed E-state index contributed by atoms with van der Waals surface area (Å²) in [6.45, 7) is 9.87. The first kappa shape index (κ1) is 21.5. The van der Waals surface area contributed by atoms with Gasteiger partial charge >= 0.3 is 0 Å². The van der Waals surface area contributed by atoms with Gasteiger partial charge in [0.15, 0.2) is 0 Å². The standard InChI is InChI=1S/C25H27N5O2/c1-15(2)23-21-13-26-30(20-10-9-17(4)18(5)12-20)24(21)25(32)29(28-23)14-22(31)27-19-8-6-7-16(3)11-19/h6-13,15H,14H2,1-5H3,(H,27,31). The van der Waals surface area contributed by atoms with Crippen LogP contribution in [0.5, 0.6) is 0 Å². The van der Waals surface area contributed by atoms with Crippen LogP contribution in [0, 0.1) is 20.8 Å². The largest absolute Gasteiger partial charge is 0.324 e. The Balaban J connectivity index is 1.79. The second kappa shape index (κ2) is 8.42. The third-order valence-electron chi connectivity index (χ3n) is 5.59. The zero-order valence-electron chi connectivity index (χ0n) is 19.0. The maximum Gasteiger partial charge on any atom is 0.293 e. The zero-order valence-corrected chi connectivity index (χ0v) is 19.0. The van der Waals surface area contributed by atoms with Gasteiger partial charge in [-0.1, -0.05) is 32.0 Å². The number of rotatable bonds is 5. The highest BCUT2D eigenvalue weighted by atomic mass is 16.2. The van der Waals surface area contributed by atoms with Gasteiger partial charge in [0.25, 0.3) is 5.56 Å². The number of carbonyl (C=O) groups is 1. The number of nitrogens with zero attached hydrogens (tertiary/aromatic N) is 4. The molecule has 0 fully saturated rings. The van der Waals surface area contributed by atoms with Crippen molar-refractivity contribution in [1.82, 2.24) is 19.6 Å². The summed E-state index contributed by atoms with van der Waals surface area (Å²) in [6.07, 6.45) is 1.69. The molecule has 2 aromatic carbocycles. The first-order valence-electron chi connectivity index (χ1n) is 10.7. The fraction of sp³-hybridized carbons (Fsp3) is 0.280. The summed E-state index contributed by atoms with van der Waals surface area (Å²) in [6, 6.07) is 13.5. The van der Waals surface area contributed by atoms with Crippen molar-refractivity contribution in [2.24, 2.45) is 0 Å². The van der Waals surface area contributed by atoms with E-state index in [0.29, 0.717) is 16.6 Å². The number of anilines is 1. The third kappa shape index (κ3) is 4.06. The monoisotopic (exact) mass is 429 g/mol. The van der Waals surface area contributed by atoms with Crippen LogP contribution in [0.1, 0.15) is 42.1 Å². The van der Waals surface area contributed by atoms with Crippen LogP contribution in [-0.2, 0) is 11.3 Å². The number of carbonyl (C=O) groups excluding carboxylic acids is 1. The molecule has 7 nitrogen and oxygen atoms in total. The summed E-state index contributed by atoms with van der Waals surface area (Å²) < 4.78 is 2.88. The topological polar surface area (TPSA) is 81.8 Å². The van der Waals surface area contributed by atoms with Crippen LogP contribution in [0.2, 0.25) is 0 Å². The summed E-state index contributed by atoms with van der Waals surface area (Å²) in [5, 5.41) is 12.6. The maximum atomic E-state index is 13.4. The molecule has 0 spiro atoms. The molecule has 1 N–H and O–H groups in total. The van der Waals surface area contributed by atoms with Crippen LogP contribution in [0.4, 0.5) is 5.69 Å². The molecule has 0 atom stereocenters. The molecule has 0 bridgehead atoms. The number of fused-ring (bicyclic) bond motifs is 1. The number of benzene rings is 2. The lowest BCUT2D eigenvalue weighted by atomic mass is 10.1. The van der Waals surface area contributed by atoms with Crippen LogP contribution in [0.25, 0.3) is 16.6 Å². The van der Waals surface area contributed by atoms with Gasteiger partial charge in [0.05, 0.1) is 17.6 Å². The van der Waals surface area contributed by atoms with Crippen molar-refractivity contribution >= 4 is 22.5 Å². The molecule has 164 valence electrons. The molecular formula is C25H27N5O2. The Morgan fingerprint density at radius 3 is 2.53 bits per heavy atom. The summed E-state index contributed by atoms with van der Waals surface area (Å²) >= 11 is 0. The SMILES string of the molecule is Cc1cccc(NC(=O)Cn2nc(C(C)C)c3cnn(-c4ccc(C)c(C)c4)c3c2=O)c1. The first-order chi connectivity index (χ1) is 15.2. The molecule has 4 rings (SSSR count). The molecule has 0 saturated heterocycles. The molecule has 0 unspecified atom stereocenters. The molecule has 2 aromatic heterocycles. The van der Waals surface area contributed by atoms with E-state index in [2.05, 4.69) is 15.5 Å². The number of nitrogens with one attached hydrogen (secondary N) is 1. The second-order valence-electron chi connectivity index (χ2n) is 8.51. The highest BCUT2D eigenvalue weighted by Gasteiger charge is 2.20. The molecular weight excluding hydrogens is 402 g/mol. The highest BCUT2D eigenvalue weighted by molar-refractivity contribution is 5.91. The Hall–Kier alpha value is -3.74. The van der Waals surface area contributed by atoms with Crippen LogP contribution >= 0.6 is 0 Å².